The molecular weight excluding hydrogens is 226 g/mol. The summed E-state index contributed by atoms with van der Waals surface area (Å²) in [5, 5.41) is 21.1. The van der Waals surface area contributed by atoms with Crippen LogP contribution in [0.15, 0.2) is 30.5 Å². The lowest BCUT2D eigenvalue weighted by molar-refractivity contribution is -0.384. The van der Waals surface area contributed by atoms with E-state index in [0.29, 0.717) is 0 Å². The second-order valence-electron chi connectivity index (χ2n) is 3.30. The lowest BCUT2D eigenvalue weighted by atomic mass is 10.1. The molecule has 0 saturated heterocycles. The molecular formula is C10H11N3O4. The molecule has 0 aliphatic carbocycles. The quantitative estimate of drug-likeness (QED) is 0.263. The van der Waals surface area contributed by atoms with Gasteiger partial charge < -0.3 is 10.1 Å². The summed E-state index contributed by atoms with van der Waals surface area (Å²) < 4.78 is 0. The number of allylic oxidation sites excluding steroid dienone is 1. The lowest BCUT2D eigenvalue weighted by Crippen LogP contribution is -2.18. The van der Waals surface area contributed by atoms with Crippen molar-refractivity contribution in [1.82, 2.24) is 5.01 Å². The van der Waals surface area contributed by atoms with Crippen molar-refractivity contribution in [1.29, 1.82) is 0 Å². The van der Waals surface area contributed by atoms with Crippen LogP contribution in [-0.2, 0) is 0 Å². The van der Waals surface area contributed by atoms with Crippen LogP contribution in [-0.4, -0.2) is 27.9 Å². The van der Waals surface area contributed by atoms with E-state index in [4.69, 9.17) is 5.84 Å². The second-order valence-corrected chi connectivity index (χ2v) is 3.30. The molecule has 0 saturated carbocycles. The first-order chi connectivity index (χ1) is 7.91. The molecule has 1 aromatic carbocycles. The van der Waals surface area contributed by atoms with Gasteiger partial charge in [-0.15, -0.1) is 0 Å². The number of carbonyl (C=O) groups excluding carboxylic acids is 1. The Labute approximate surface area is 96.9 Å². The Kier molecular flexibility index (Phi) is 3.78. The zero-order valence-corrected chi connectivity index (χ0v) is 9.03. The Morgan fingerprint density at radius 1 is 1.59 bits per heavy atom. The topological polar surface area (TPSA) is 110 Å². The number of non-ortho nitro benzene ring substituents is 1. The molecule has 7 nitrogen and oxygen atoms in total. The van der Waals surface area contributed by atoms with Crippen LogP contribution in [0, 0.1) is 10.1 Å². The number of nitro groups is 1. The van der Waals surface area contributed by atoms with Gasteiger partial charge in [0.2, 0.25) is 0 Å². The van der Waals surface area contributed by atoms with E-state index in [1.165, 1.54) is 13.2 Å². The van der Waals surface area contributed by atoms with E-state index < -0.39 is 10.7 Å². The first kappa shape index (κ1) is 12.7. The monoisotopic (exact) mass is 237 g/mol. The number of phenols is 1. The molecule has 1 aromatic rings. The van der Waals surface area contributed by atoms with Crippen LogP contribution >= 0.6 is 0 Å². The molecule has 0 aliphatic rings. The molecule has 7 heteroatoms. The molecule has 0 aromatic heterocycles. The number of nitro benzene ring substituents is 1. The Balaban J connectivity index is 3.08. The van der Waals surface area contributed by atoms with Gasteiger partial charge in [0.15, 0.2) is 5.78 Å². The molecule has 90 valence electrons. The van der Waals surface area contributed by atoms with Crippen LogP contribution in [0.3, 0.4) is 0 Å². The molecule has 0 amide bonds. The highest BCUT2D eigenvalue weighted by molar-refractivity contribution is 6.06. The largest absolute Gasteiger partial charge is 0.507 e. The standard InChI is InChI=1S/C10H11N3O4/c1-12(11)5-4-10(15)8-6-7(13(16)17)2-3-9(8)14/h2-6,14H,11H2,1H3/b5-4+. The fourth-order valence-electron chi connectivity index (χ4n) is 1.11. The van der Waals surface area contributed by atoms with Crippen molar-refractivity contribution in [2.75, 3.05) is 7.05 Å². The summed E-state index contributed by atoms with van der Waals surface area (Å²) in [7, 11) is 1.51. The van der Waals surface area contributed by atoms with Gasteiger partial charge in [-0.05, 0) is 6.07 Å². The molecule has 0 atom stereocenters. The van der Waals surface area contributed by atoms with Gasteiger partial charge in [-0.1, -0.05) is 0 Å². The van der Waals surface area contributed by atoms with Crippen LogP contribution in [0.2, 0.25) is 0 Å². The van der Waals surface area contributed by atoms with E-state index in [-0.39, 0.29) is 17.0 Å². The van der Waals surface area contributed by atoms with E-state index in [9.17, 15) is 20.0 Å². The van der Waals surface area contributed by atoms with Crippen molar-refractivity contribution in [3.63, 3.8) is 0 Å². The summed E-state index contributed by atoms with van der Waals surface area (Å²) in [6.45, 7) is 0. The van der Waals surface area contributed by atoms with Gasteiger partial charge in [-0.25, -0.2) is 5.84 Å². The average Bonchev–Trinajstić information content (AvgIpc) is 2.26. The van der Waals surface area contributed by atoms with Crippen molar-refractivity contribution >= 4 is 11.5 Å². The minimum Gasteiger partial charge on any atom is -0.507 e. The maximum Gasteiger partial charge on any atom is 0.270 e. The molecule has 0 aliphatic heterocycles. The number of carbonyl (C=O) groups is 1. The second kappa shape index (κ2) is 5.08. The van der Waals surface area contributed by atoms with E-state index in [1.54, 1.807) is 0 Å². The van der Waals surface area contributed by atoms with Gasteiger partial charge in [0.25, 0.3) is 5.69 Å². The molecule has 0 fully saturated rings. The fourth-order valence-corrected chi connectivity index (χ4v) is 1.11. The van der Waals surface area contributed by atoms with Gasteiger partial charge in [-0.2, -0.15) is 0 Å². The zero-order chi connectivity index (χ0) is 13.0. The number of rotatable bonds is 4. The highest BCUT2D eigenvalue weighted by Crippen LogP contribution is 2.23. The Hall–Kier alpha value is -2.41. The minimum atomic E-state index is -0.644. The Morgan fingerprint density at radius 3 is 2.76 bits per heavy atom. The number of phenolic OH excluding ortho intramolecular Hbond substituents is 1. The van der Waals surface area contributed by atoms with E-state index in [2.05, 4.69) is 0 Å². The summed E-state index contributed by atoms with van der Waals surface area (Å²) in [6, 6.07) is 3.23. The number of hydrogen-bond donors (Lipinski definition) is 2. The third kappa shape index (κ3) is 3.28. The highest BCUT2D eigenvalue weighted by Gasteiger charge is 2.14. The SMILES string of the molecule is CN(N)/C=C/C(=O)c1cc([N+](=O)[O-])ccc1O. The molecule has 1 rings (SSSR count). The van der Waals surface area contributed by atoms with Crippen LogP contribution in [0.25, 0.3) is 0 Å². The average molecular weight is 237 g/mol. The molecule has 0 spiro atoms. The number of hydrazine groups is 1. The molecule has 17 heavy (non-hydrogen) atoms. The van der Waals surface area contributed by atoms with Crippen molar-refractivity contribution in [3.8, 4) is 5.75 Å². The van der Waals surface area contributed by atoms with E-state index >= 15 is 0 Å². The molecule has 3 N–H and O–H groups in total. The Morgan fingerprint density at radius 2 is 2.24 bits per heavy atom. The van der Waals surface area contributed by atoms with Crippen molar-refractivity contribution in [3.05, 3.63) is 46.2 Å². The number of aromatic hydroxyl groups is 1. The molecule has 0 radical (unpaired) electrons. The van der Waals surface area contributed by atoms with Crippen LogP contribution in [0.1, 0.15) is 10.4 Å². The summed E-state index contributed by atoms with van der Waals surface area (Å²) in [5.74, 6) is 4.38. The number of hydrogen-bond acceptors (Lipinski definition) is 6. The highest BCUT2D eigenvalue weighted by atomic mass is 16.6. The number of benzene rings is 1. The minimum absolute atomic E-state index is 0.141. The van der Waals surface area contributed by atoms with Crippen molar-refractivity contribution in [2.45, 2.75) is 0 Å². The summed E-state index contributed by atoms with van der Waals surface area (Å²) >= 11 is 0. The van der Waals surface area contributed by atoms with Crippen molar-refractivity contribution in [2.24, 2.45) is 5.84 Å². The maximum absolute atomic E-state index is 11.6. The molecule has 0 unspecified atom stereocenters. The van der Waals surface area contributed by atoms with Gasteiger partial charge in [0.05, 0.1) is 10.5 Å². The smallest absolute Gasteiger partial charge is 0.270 e. The molecule has 0 bridgehead atoms. The van der Waals surface area contributed by atoms with Crippen LogP contribution < -0.4 is 5.84 Å². The third-order valence-electron chi connectivity index (χ3n) is 1.92. The predicted molar refractivity (Wildman–Crippen MR) is 60.2 cm³/mol. The van der Waals surface area contributed by atoms with Crippen LogP contribution in [0.5, 0.6) is 5.75 Å². The zero-order valence-electron chi connectivity index (χ0n) is 9.03. The number of nitrogens with two attached hydrogens (primary N) is 1. The van der Waals surface area contributed by atoms with E-state index in [1.807, 2.05) is 0 Å². The van der Waals surface area contributed by atoms with Gasteiger partial charge in [0.1, 0.15) is 5.75 Å². The summed E-state index contributed by atoms with van der Waals surface area (Å²) in [4.78, 5) is 21.5. The third-order valence-corrected chi connectivity index (χ3v) is 1.92. The first-order valence-electron chi connectivity index (χ1n) is 4.59. The van der Waals surface area contributed by atoms with E-state index in [0.717, 1.165) is 29.3 Å². The summed E-state index contributed by atoms with van der Waals surface area (Å²) in [6.07, 6.45) is 2.39. The predicted octanol–water partition coefficient (Wildman–Crippen LogP) is 0.802. The lowest BCUT2D eigenvalue weighted by Gasteiger charge is -2.03. The first-order valence-corrected chi connectivity index (χ1v) is 4.59. The Bertz CT molecular complexity index is 482. The van der Waals surface area contributed by atoms with Gasteiger partial charge in [-0.3, -0.25) is 14.9 Å². The van der Waals surface area contributed by atoms with Gasteiger partial charge in [0, 0.05) is 31.5 Å². The number of nitrogens with zero attached hydrogens (tertiary/aromatic N) is 2. The normalized spacial score (nSPS) is 10.5. The fraction of sp³-hybridized carbons (Fsp3) is 0.100. The van der Waals surface area contributed by atoms with Crippen molar-refractivity contribution < 1.29 is 14.8 Å². The number of ketones is 1. The maximum atomic E-state index is 11.6. The van der Waals surface area contributed by atoms with Crippen LogP contribution in [0.4, 0.5) is 5.69 Å². The molecule has 0 heterocycles. The summed E-state index contributed by atoms with van der Waals surface area (Å²) in [5.41, 5.74) is -0.405. The van der Waals surface area contributed by atoms with Gasteiger partial charge >= 0.3 is 0 Å².